The van der Waals surface area contributed by atoms with Crippen LogP contribution in [-0.2, 0) is 16.1 Å². The normalized spacial score (nSPS) is 12.1. The van der Waals surface area contributed by atoms with Crippen molar-refractivity contribution in [3.8, 4) is 5.75 Å². The van der Waals surface area contributed by atoms with Crippen molar-refractivity contribution < 1.29 is 14.6 Å². The van der Waals surface area contributed by atoms with Crippen molar-refractivity contribution in [2.45, 2.75) is 11.9 Å². The third-order valence-electron chi connectivity index (χ3n) is 2.05. The molecule has 16 heavy (non-hydrogen) atoms. The van der Waals surface area contributed by atoms with E-state index in [0.29, 0.717) is 13.1 Å². The minimum atomic E-state index is -0.679. The summed E-state index contributed by atoms with van der Waals surface area (Å²) in [6.45, 7) is 0.926. The van der Waals surface area contributed by atoms with Crippen LogP contribution in [0.1, 0.15) is 5.56 Å². The highest BCUT2D eigenvalue weighted by Crippen LogP contribution is 2.09. The molecule has 0 spiro atoms. The molecule has 0 heterocycles. The van der Waals surface area contributed by atoms with Crippen LogP contribution >= 0.6 is 11.6 Å². The van der Waals surface area contributed by atoms with Crippen LogP contribution in [0.15, 0.2) is 24.3 Å². The van der Waals surface area contributed by atoms with Crippen LogP contribution in [0.25, 0.3) is 0 Å². The van der Waals surface area contributed by atoms with Crippen LogP contribution in [0.5, 0.6) is 5.75 Å². The molecular formula is C11H14ClNO3. The van der Waals surface area contributed by atoms with Crippen molar-refractivity contribution in [2.24, 2.45) is 0 Å². The van der Waals surface area contributed by atoms with E-state index in [9.17, 15) is 4.79 Å². The fourth-order valence-electron chi connectivity index (χ4n) is 1.17. The molecule has 1 rings (SSSR count). The largest absolute Gasteiger partial charge is 0.508 e. The number of phenols is 1. The summed E-state index contributed by atoms with van der Waals surface area (Å²) in [4.78, 5) is 11.0. The highest BCUT2D eigenvalue weighted by Gasteiger charge is 2.14. The first-order chi connectivity index (χ1) is 7.63. The number of phenolic OH excluding ortho intramolecular Hbond substituents is 1. The van der Waals surface area contributed by atoms with Crippen LogP contribution in [0.2, 0.25) is 0 Å². The van der Waals surface area contributed by atoms with Gasteiger partial charge in [0.15, 0.2) is 0 Å². The first kappa shape index (κ1) is 12.8. The Hall–Kier alpha value is -1.26. The topological polar surface area (TPSA) is 58.6 Å². The SMILES string of the molecule is COC(=O)C(Cl)CNCc1ccc(O)cc1. The summed E-state index contributed by atoms with van der Waals surface area (Å²) in [6.07, 6.45) is 0. The van der Waals surface area contributed by atoms with Gasteiger partial charge in [-0.25, -0.2) is 0 Å². The predicted octanol–water partition coefficient (Wildman–Crippen LogP) is 1.26. The number of hydrogen-bond acceptors (Lipinski definition) is 4. The molecule has 0 aliphatic heterocycles. The van der Waals surface area contributed by atoms with Crippen molar-refractivity contribution in [2.75, 3.05) is 13.7 Å². The van der Waals surface area contributed by atoms with Gasteiger partial charge in [0, 0.05) is 13.1 Å². The molecule has 0 radical (unpaired) electrons. The second kappa shape index (κ2) is 6.35. The van der Waals surface area contributed by atoms with Gasteiger partial charge in [-0.2, -0.15) is 0 Å². The van der Waals surface area contributed by atoms with Crippen molar-refractivity contribution in [3.63, 3.8) is 0 Å². The molecule has 0 aliphatic rings. The third-order valence-corrected chi connectivity index (χ3v) is 2.38. The molecule has 0 amide bonds. The lowest BCUT2D eigenvalue weighted by molar-refractivity contribution is -0.140. The van der Waals surface area contributed by atoms with Gasteiger partial charge < -0.3 is 15.2 Å². The first-order valence-electron chi connectivity index (χ1n) is 4.84. The quantitative estimate of drug-likeness (QED) is 0.604. The van der Waals surface area contributed by atoms with E-state index >= 15 is 0 Å². The van der Waals surface area contributed by atoms with E-state index in [4.69, 9.17) is 16.7 Å². The van der Waals surface area contributed by atoms with Gasteiger partial charge in [-0.1, -0.05) is 12.1 Å². The van der Waals surface area contributed by atoms with Crippen LogP contribution in [0, 0.1) is 0 Å². The maximum Gasteiger partial charge on any atom is 0.325 e. The Kier molecular flexibility index (Phi) is 5.08. The molecule has 0 aliphatic carbocycles. The standard InChI is InChI=1S/C11H14ClNO3/c1-16-11(15)10(12)7-13-6-8-2-4-9(14)5-3-8/h2-5,10,13-14H,6-7H2,1H3. The zero-order valence-electron chi connectivity index (χ0n) is 8.94. The van der Waals surface area contributed by atoms with E-state index in [1.807, 2.05) is 0 Å². The van der Waals surface area contributed by atoms with Crippen molar-refractivity contribution >= 4 is 17.6 Å². The Labute approximate surface area is 99.2 Å². The number of alkyl halides is 1. The Bertz CT molecular complexity index is 340. The van der Waals surface area contributed by atoms with Crippen LogP contribution in [0.3, 0.4) is 0 Å². The monoisotopic (exact) mass is 243 g/mol. The fourth-order valence-corrected chi connectivity index (χ4v) is 1.37. The summed E-state index contributed by atoms with van der Waals surface area (Å²) < 4.78 is 4.49. The summed E-state index contributed by atoms with van der Waals surface area (Å²) in [5.74, 6) is -0.214. The minimum absolute atomic E-state index is 0.230. The van der Waals surface area contributed by atoms with E-state index in [-0.39, 0.29) is 5.75 Å². The van der Waals surface area contributed by atoms with Crippen LogP contribution in [-0.4, -0.2) is 30.1 Å². The van der Waals surface area contributed by atoms with E-state index in [2.05, 4.69) is 10.1 Å². The molecule has 5 heteroatoms. The Balaban J connectivity index is 2.30. The molecule has 2 N–H and O–H groups in total. The Morgan fingerprint density at radius 1 is 1.50 bits per heavy atom. The van der Waals surface area contributed by atoms with Gasteiger partial charge in [0.25, 0.3) is 0 Å². The summed E-state index contributed by atoms with van der Waals surface area (Å²) in [5.41, 5.74) is 1.01. The fraction of sp³-hybridized carbons (Fsp3) is 0.364. The van der Waals surface area contributed by atoms with Gasteiger partial charge in [-0.05, 0) is 17.7 Å². The number of esters is 1. The smallest absolute Gasteiger partial charge is 0.325 e. The number of hydrogen-bond donors (Lipinski definition) is 2. The number of benzene rings is 1. The molecule has 1 atom stereocenters. The maximum absolute atomic E-state index is 11.0. The average Bonchev–Trinajstić information content (AvgIpc) is 2.30. The zero-order valence-corrected chi connectivity index (χ0v) is 9.70. The molecule has 88 valence electrons. The summed E-state index contributed by atoms with van der Waals surface area (Å²) in [6, 6.07) is 6.80. The Morgan fingerprint density at radius 2 is 2.12 bits per heavy atom. The zero-order chi connectivity index (χ0) is 12.0. The molecule has 0 saturated heterocycles. The van der Waals surface area contributed by atoms with Crippen molar-refractivity contribution in [1.29, 1.82) is 0 Å². The Morgan fingerprint density at radius 3 is 2.69 bits per heavy atom. The third kappa shape index (κ3) is 4.08. The number of halogens is 1. The highest BCUT2D eigenvalue weighted by atomic mass is 35.5. The lowest BCUT2D eigenvalue weighted by atomic mass is 10.2. The number of aromatic hydroxyl groups is 1. The highest BCUT2D eigenvalue weighted by molar-refractivity contribution is 6.30. The van der Waals surface area contributed by atoms with Gasteiger partial charge in [0.05, 0.1) is 7.11 Å². The first-order valence-corrected chi connectivity index (χ1v) is 5.27. The summed E-state index contributed by atoms with van der Waals surface area (Å²) in [5, 5.41) is 11.4. The van der Waals surface area contributed by atoms with E-state index in [1.54, 1.807) is 24.3 Å². The lowest BCUT2D eigenvalue weighted by Gasteiger charge is -2.08. The van der Waals surface area contributed by atoms with Gasteiger partial charge in [0.2, 0.25) is 0 Å². The summed E-state index contributed by atoms with van der Waals surface area (Å²) in [7, 11) is 1.30. The average molecular weight is 244 g/mol. The number of carbonyl (C=O) groups excluding carboxylic acids is 1. The molecule has 1 aromatic rings. The number of carbonyl (C=O) groups is 1. The molecule has 0 fully saturated rings. The van der Waals surface area contributed by atoms with Crippen molar-refractivity contribution in [3.05, 3.63) is 29.8 Å². The number of rotatable bonds is 5. The number of methoxy groups -OCH3 is 1. The number of ether oxygens (including phenoxy) is 1. The number of nitrogens with one attached hydrogen (secondary N) is 1. The van der Waals surface area contributed by atoms with Gasteiger partial charge >= 0.3 is 5.97 Å². The molecule has 1 unspecified atom stereocenters. The van der Waals surface area contributed by atoms with Crippen LogP contribution in [0.4, 0.5) is 0 Å². The molecule has 0 bridgehead atoms. The molecular weight excluding hydrogens is 230 g/mol. The maximum atomic E-state index is 11.0. The van der Waals surface area contributed by atoms with Crippen LogP contribution < -0.4 is 5.32 Å². The predicted molar refractivity (Wildman–Crippen MR) is 61.5 cm³/mol. The van der Waals surface area contributed by atoms with Crippen molar-refractivity contribution in [1.82, 2.24) is 5.32 Å². The molecule has 0 aromatic heterocycles. The summed E-state index contributed by atoms with van der Waals surface area (Å²) >= 11 is 5.75. The second-order valence-electron chi connectivity index (χ2n) is 3.29. The molecule has 1 aromatic carbocycles. The van der Waals surface area contributed by atoms with Gasteiger partial charge in [-0.3, -0.25) is 4.79 Å². The molecule has 0 saturated carbocycles. The lowest BCUT2D eigenvalue weighted by Crippen LogP contribution is -2.29. The van der Waals surface area contributed by atoms with Gasteiger partial charge in [-0.15, -0.1) is 11.6 Å². The molecule has 4 nitrogen and oxygen atoms in total. The second-order valence-corrected chi connectivity index (χ2v) is 3.81. The van der Waals surface area contributed by atoms with Gasteiger partial charge in [0.1, 0.15) is 11.1 Å². The minimum Gasteiger partial charge on any atom is -0.508 e. The van der Waals surface area contributed by atoms with E-state index < -0.39 is 11.3 Å². The van der Waals surface area contributed by atoms with E-state index in [1.165, 1.54) is 7.11 Å². The van der Waals surface area contributed by atoms with E-state index in [0.717, 1.165) is 5.56 Å².